The maximum Gasteiger partial charge on any atom is 0.295 e. The fourth-order valence-corrected chi connectivity index (χ4v) is 4.53. The summed E-state index contributed by atoms with van der Waals surface area (Å²) >= 11 is 12.2. The summed E-state index contributed by atoms with van der Waals surface area (Å²) in [6.45, 7) is 0. The molecule has 0 heterocycles. The van der Waals surface area contributed by atoms with E-state index in [1.54, 1.807) is 48.5 Å². The highest BCUT2D eigenvalue weighted by Crippen LogP contribution is 2.44. The van der Waals surface area contributed by atoms with E-state index in [9.17, 15) is 13.0 Å². The molecule has 4 aromatic carbocycles. The third-order valence-electron chi connectivity index (χ3n) is 4.64. The van der Waals surface area contributed by atoms with Crippen molar-refractivity contribution in [3.63, 3.8) is 0 Å². The highest BCUT2D eigenvalue weighted by molar-refractivity contribution is 7.86. The topological polar surface area (TPSA) is 63.6 Å². The lowest BCUT2D eigenvalue weighted by Crippen LogP contribution is -2.03. The van der Waals surface area contributed by atoms with Crippen LogP contribution in [0.1, 0.15) is 0 Å². The Bertz CT molecular complexity index is 1350. The van der Waals surface area contributed by atoms with Crippen molar-refractivity contribution >= 4 is 54.9 Å². The normalized spacial score (nSPS) is 11.9. The van der Waals surface area contributed by atoms with Crippen molar-refractivity contribution in [1.29, 1.82) is 0 Å². The third-order valence-corrected chi connectivity index (χ3v) is 6.00. The minimum absolute atomic E-state index is 0.205. The highest BCUT2D eigenvalue weighted by atomic mass is 35.5. The average Bonchev–Trinajstić information content (AvgIpc) is 2.65. The molecule has 0 aromatic heterocycles. The van der Waals surface area contributed by atoms with Gasteiger partial charge in [-0.25, -0.2) is 0 Å². The van der Waals surface area contributed by atoms with Crippen molar-refractivity contribution in [1.82, 2.24) is 0 Å². The van der Waals surface area contributed by atoms with E-state index >= 15 is 0 Å². The first-order valence-electron chi connectivity index (χ1n) is 8.26. The molecular weight excluding hydrogens is 419 g/mol. The van der Waals surface area contributed by atoms with E-state index in [4.69, 9.17) is 27.9 Å². The molecule has 28 heavy (non-hydrogen) atoms. The standard InChI is InChI=1S/C21H14Cl2O4S/c1-27-18-8-2-12-10-14(22)4-6-16(12)20(18)21-17-7-5-15(23)11-13(17)3-9-19(21)28(24,25)26/h2-11H,1H3,(H,24,25,26). The first-order chi connectivity index (χ1) is 13.3. The first kappa shape index (κ1) is 19.0. The van der Waals surface area contributed by atoms with Crippen LogP contribution >= 0.6 is 23.2 Å². The van der Waals surface area contributed by atoms with Gasteiger partial charge in [0.05, 0.1) is 7.11 Å². The lowest BCUT2D eigenvalue weighted by Gasteiger charge is -2.17. The molecular formula is C21H14Cl2O4S. The van der Waals surface area contributed by atoms with Crippen LogP contribution in [0.4, 0.5) is 0 Å². The molecule has 0 radical (unpaired) electrons. The minimum atomic E-state index is -4.50. The van der Waals surface area contributed by atoms with Gasteiger partial charge in [-0.15, -0.1) is 0 Å². The molecule has 0 aliphatic carbocycles. The van der Waals surface area contributed by atoms with Crippen molar-refractivity contribution in [2.24, 2.45) is 0 Å². The molecule has 1 N–H and O–H groups in total. The molecule has 0 unspecified atom stereocenters. The molecule has 0 atom stereocenters. The zero-order valence-corrected chi connectivity index (χ0v) is 16.9. The molecule has 4 aromatic rings. The quantitative estimate of drug-likeness (QED) is 0.390. The van der Waals surface area contributed by atoms with E-state index in [-0.39, 0.29) is 4.90 Å². The Balaban J connectivity index is 2.26. The zero-order valence-electron chi connectivity index (χ0n) is 14.6. The Labute approximate surface area is 172 Å². The van der Waals surface area contributed by atoms with Gasteiger partial charge in [-0.1, -0.05) is 47.5 Å². The fraction of sp³-hybridized carbons (Fsp3) is 0.0476. The summed E-state index contributed by atoms with van der Waals surface area (Å²) in [5.41, 5.74) is 0.902. The van der Waals surface area contributed by atoms with Gasteiger partial charge >= 0.3 is 0 Å². The van der Waals surface area contributed by atoms with Gasteiger partial charge in [-0.05, 0) is 57.9 Å². The smallest absolute Gasteiger partial charge is 0.295 e. The van der Waals surface area contributed by atoms with Crippen LogP contribution in [0.25, 0.3) is 32.7 Å². The molecule has 0 amide bonds. The van der Waals surface area contributed by atoms with Gasteiger partial charge in [0.2, 0.25) is 0 Å². The van der Waals surface area contributed by atoms with Crippen molar-refractivity contribution in [3.05, 3.63) is 70.7 Å². The van der Waals surface area contributed by atoms with Gasteiger partial charge in [-0.2, -0.15) is 8.42 Å². The van der Waals surface area contributed by atoms with E-state index < -0.39 is 10.1 Å². The second kappa shape index (κ2) is 6.94. The van der Waals surface area contributed by atoms with Crippen LogP contribution in [-0.2, 0) is 10.1 Å². The first-order valence-corrected chi connectivity index (χ1v) is 10.5. The van der Waals surface area contributed by atoms with Crippen LogP contribution in [0, 0.1) is 0 Å². The van der Waals surface area contributed by atoms with Crippen molar-refractivity contribution in [2.75, 3.05) is 7.11 Å². The lowest BCUT2D eigenvalue weighted by molar-refractivity contribution is 0.417. The number of hydrogen-bond donors (Lipinski definition) is 1. The summed E-state index contributed by atoms with van der Waals surface area (Å²) in [6.07, 6.45) is 0. The van der Waals surface area contributed by atoms with E-state index in [2.05, 4.69) is 0 Å². The maximum absolute atomic E-state index is 12.2. The van der Waals surface area contributed by atoms with Gasteiger partial charge in [0.15, 0.2) is 0 Å². The second-order valence-electron chi connectivity index (χ2n) is 6.29. The molecule has 142 valence electrons. The van der Waals surface area contributed by atoms with Gasteiger partial charge in [-0.3, -0.25) is 4.55 Å². The molecule has 0 aliphatic heterocycles. The number of benzene rings is 4. The van der Waals surface area contributed by atoms with Crippen molar-refractivity contribution in [3.8, 4) is 16.9 Å². The third kappa shape index (κ3) is 3.20. The molecule has 4 rings (SSSR count). The van der Waals surface area contributed by atoms with Crippen LogP contribution in [0.3, 0.4) is 0 Å². The lowest BCUT2D eigenvalue weighted by atomic mass is 9.93. The Kier molecular flexibility index (Phi) is 4.71. The highest BCUT2D eigenvalue weighted by Gasteiger charge is 2.23. The number of ether oxygens (including phenoxy) is 1. The predicted octanol–water partition coefficient (Wildman–Crippen LogP) is 6.22. The minimum Gasteiger partial charge on any atom is -0.496 e. The Morgan fingerprint density at radius 3 is 1.86 bits per heavy atom. The van der Waals surface area contributed by atoms with E-state index in [1.807, 2.05) is 6.07 Å². The number of fused-ring (bicyclic) bond motifs is 2. The molecule has 0 saturated heterocycles. The molecule has 7 heteroatoms. The average molecular weight is 433 g/mol. The second-order valence-corrected chi connectivity index (χ2v) is 8.55. The number of hydrogen-bond acceptors (Lipinski definition) is 3. The SMILES string of the molecule is COc1ccc2cc(Cl)ccc2c1-c1c(S(=O)(=O)O)ccc2cc(Cl)ccc12. The largest absolute Gasteiger partial charge is 0.496 e. The maximum atomic E-state index is 12.2. The molecule has 0 bridgehead atoms. The zero-order chi connectivity index (χ0) is 20.1. The Morgan fingerprint density at radius 2 is 1.32 bits per heavy atom. The summed E-state index contributed by atoms with van der Waals surface area (Å²) in [6, 6.07) is 17.0. The van der Waals surface area contributed by atoms with Crippen LogP contribution < -0.4 is 4.74 Å². The monoisotopic (exact) mass is 432 g/mol. The van der Waals surface area contributed by atoms with Crippen LogP contribution in [-0.4, -0.2) is 20.1 Å². The summed E-state index contributed by atoms with van der Waals surface area (Å²) in [7, 11) is -2.99. The Morgan fingerprint density at radius 1 is 0.786 bits per heavy atom. The van der Waals surface area contributed by atoms with Gasteiger partial charge in [0.1, 0.15) is 10.6 Å². The number of halogens is 2. The van der Waals surface area contributed by atoms with Crippen LogP contribution in [0.2, 0.25) is 10.0 Å². The van der Waals surface area contributed by atoms with E-state index in [0.717, 1.165) is 16.2 Å². The number of methoxy groups -OCH3 is 1. The Hall–Kier alpha value is -2.31. The summed E-state index contributed by atoms with van der Waals surface area (Å²) in [5, 5.41) is 4.01. The van der Waals surface area contributed by atoms with Gasteiger partial charge in [0, 0.05) is 21.2 Å². The van der Waals surface area contributed by atoms with Crippen LogP contribution in [0.5, 0.6) is 5.75 Å². The molecule has 0 saturated carbocycles. The fourth-order valence-electron chi connectivity index (χ4n) is 3.46. The molecule has 0 spiro atoms. The molecule has 0 fully saturated rings. The van der Waals surface area contributed by atoms with Crippen LogP contribution in [0.15, 0.2) is 65.6 Å². The molecule has 0 aliphatic rings. The van der Waals surface area contributed by atoms with E-state index in [1.165, 1.54) is 13.2 Å². The number of rotatable bonds is 3. The summed E-state index contributed by atoms with van der Waals surface area (Å²) < 4.78 is 39.8. The summed E-state index contributed by atoms with van der Waals surface area (Å²) in [4.78, 5) is -0.205. The predicted molar refractivity (Wildman–Crippen MR) is 113 cm³/mol. The van der Waals surface area contributed by atoms with Crippen molar-refractivity contribution in [2.45, 2.75) is 4.90 Å². The van der Waals surface area contributed by atoms with E-state index in [0.29, 0.717) is 32.3 Å². The molecule has 4 nitrogen and oxygen atoms in total. The van der Waals surface area contributed by atoms with Gasteiger partial charge < -0.3 is 4.74 Å². The van der Waals surface area contributed by atoms with Crippen molar-refractivity contribution < 1.29 is 17.7 Å². The summed E-state index contributed by atoms with van der Waals surface area (Å²) in [5.74, 6) is 0.474. The van der Waals surface area contributed by atoms with Gasteiger partial charge in [0.25, 0.3) is 10.1 Å².